The highest BCUT2D eigenvalue weighted by molar-refractivity contribution is 6.38. The largest absolute Gasteiger partial charge is 0.321 e. The van der Waals surface area contributed by atoms with Gasteiger partial charge in [-0.1, -0.05) is 47.5 Å². The molecular weight excluding hydrogens is 481 g/mol. The molecule has 176 valence electrons. The van der Waals surface area contributed by atoms with E-state index < -0.39 is 0 Å². The number of carbonyl (C=O) groups excluding carboxylic acids is 2. The molecule has 0 saturated heterocycles. The molecule has 4 aromatic rings. The van der Waals surface area contributed by atoms with Crippen LogP contribution in [0.1, 0.15) is 37.5 Å². The van der Waals surface area contributed by atoms with Crippen molar-refractivity contribution in [2.75, 3.05) is 16.8 Å². The summed E-state index contributed by atoms with van der Waals surface area (Å²) >= 11 is 13.1. The minimum absolute atomic E-state index is 0.219. The van der Waals surface area contributed by atoms with Gasteiger partial charge in [0.25, 0.3) is 11.8 Å². The summed E-state index contributed by atoms with van der Waals surface area (Å²) in [6, 6.07) is 20.5. The van der Waals surface area contributed by atoms with Gasteiger partial charge in [0, 0.05) is 30.4 Å². The van der Waals surface area contributed by atoms with Gasteiger partial charge < -0.3 is 14.8 Å². The zero-order valence-electron chi connectivity index (χ0n) is 19.3. The molecule has 2 amide bonds. The van der Waals surface area contributed by atoms with Crippen molar-refractivity contribution in [1.29, 1.82) is 0 Å². The number of halogens is 2. The highest BCUT2D eigenvalue weighted by Crippen LogP contribution is 2.34. The number of anilines is 2. The van der Waals surface area contributed by atoms with Crippen LogP contribution < -0.4 is 10.2 Å². The van der Waals surface area contributed by atoms with Crippen LogP contribution in [-0.2, 0) is 6.42 Å². The Labute approximate surface area is 213 Å². The molecule has 1 aliphatic heterocycles. The molecule has 0 aliphatic carbocycles. The van der Waals surface area contributed by atoms with Gasteiger partial charge in [0.05, 0.1) is 32.7 Å². The monoisotopic (exact) mass is 503 g/mol. The summed E-state index contributed by atoms with van der Waals surface area (Å²) in [6.07, 6.45) is 2.70. The van der Waals surface area contributed by atoms with Crippen molar-refractivity contribution < 1.29 is 9.59 Å². The molecule has 0 atom stereocenters. The van der Waals surface area contributed by atoms with Crippen LogP contribution in [-0.4, -0.2) is 22.9 Å². The Bertz CT molecular complexity index is 1480. The average Bonchev–Trinajstić information content (AvgIpc) is 3.25. The molecule has 0 unspecified atom stereocenters. The summed E-state index contributed by atoms with van der Waals surface area (Å²) in [6.45, 7) is 4.35. The lowest BCUT2D eigenvalue weighted by Gasteiger charge is -2.24. The number of aryl methyl sites for hydroxylation is 1. The fraction of sp³-hybridized carbons (Fsp3) is 0.143. The lowest BCUT2D eigenvalue weighted by molar-refractivity contribution is 0.0986. The van der Waals surface area contributed by atoms with E-state index in [4.69, 9.17) is 23.2 Å². The third-order valence-corrected chi connectivity index (χ3v) is 7.11. The number of aromatic nitrogens is 1. The number of nitrogens with zero attached hydrogens (tertiary/aromatic N) is 2. The van der Waals surface area contributed by atoms with E-state index in [1.807, 2.05) is 62.5 Å². The zero-order chi connectivity index (χ0) is 24.7. The first-order chi connectivity index (χ1) is 16.8. The van der Waals surface area contributed by atoms with Gasteiger partial charge in [-0.25, -0.2) is 0 Å². The molecule has 1 aliphatic rings. The number of nitrogens with one attached hydrogen (secondary N) is 1. The molecule has 0 saturated carbocycles. The molecule has 0 radical (unpaired) electrons. The second-order valence-electron chi connectivity index (χ2n) is 8.58. The highest BCUT2D eigenvalue weighted by atomic mass is 35.5. The van der Waals surface area contributed by atoms with Crippen LogP contribution in [0.2, 0.25) is 10.0 Å². The molecule has 5 rings (SSSR count). The third-order valence-electron chi connectivity index (χ3n) is 6.49. The van der Waals surface area contributed by atoms with Gasteiger partial charge in [0.1, 0.15) is 0 Å². The smallest absolute Gasteiger partial charge is 0.259 e. The number of amides is 2. The maximum absolute atomic E-state index is 13.7. The van der Waals surface area contributed by atoms with Crippen molar-refractivity contribution in [2.24, 2.45) is 0 Å². The molecule has 5 nitrogen and oxygen atoms in total. The van der Waals surface area contributed by atoms with Crippen LogP contribution in [0.4, 0.5) is 11.4 Å². The van der Waals surface area contributed by atoms with E-state index in [1.165, 1.54) is 12.1 Å². The Morgan fingerprint density at radius 1 is 0.857 bits per heavy atom. The quantitative estimate of drug-likeness (QED) is 0.332. The standard InChI is InChI=1S/C28H23Cl2N3O2/c1-17-7-5-9-20(18(17)2)27(34)31-24-16-22(29)21(15-23(24)30)28(35)33-14-12-19-8-6-13-32(19)25-10-3-4-11-26(25)33/h3-11,13,15-16H,12,14H2,1-2H3,(H,31,34). The number of carbonyl (C=O) groups is 2. The molecule has 7 heteroatoms. The number of para-hydroxylation sites is 2. The summed E-state index contributed by atoms with van der Waals surface area (Å²) in [5.41, 5.74) is 5.96. The van der Waals surface area contributed by atoms with E-state index >= 15 is 0 Å². The van der Waals surface area contributed by atoms with E-state index in [1.54, 1.807) is 11.0 Å². The molecule has 1 aromatic heterocycles. The molecule has 2 heterocycles. The summed E-state index contributed by atoms with van der Waals surface area (Å²) in [5, 5.41) is 3.29. The fourth-order valence-electron chi connectivity index (χ4n) is 4.45. The maximum atomic E-state index is 13.7. The van der Waals surface area contributed by atoms with Crippen molar-refractivity contribution in [3.05, 3.63) is 111 Å². The molecule has 0 bridgehead atoms. The van der Waals surface area contributed by atoms with Crippen molar-refractivity contribution in [3.8, 4) is 5.69 Å². The Morgan fingerprint density at radius 3 is 2.43 bits per heavy atom. The Kier molecular flexibility index (Phi) is 6.13. The lowest BCUT2D eigenvalue weighted by atomic mass is 10.0. The summed E-state index contributed by atoms with van der Waals surface area (Å²) in [4.78, 5) is 28.3. The predicted molar refractivity (Wildman–Crippen MR) is 141 cm³/mol. The van der Waals surface area contributed by atoms with Gasteiger partial charge in [-0.3, -0.25) is 9.59 Å². The van der Waals surface area contributed by atoms with Crippen LogP contribution in [0.15, 0.2) is 72.9 Å². The number of fused-ring (bicyclic) bond motifs is 3. The lowest BCUT2D eigenvalue weighted by Crippen LogP contribution is -2.32. The average molecular weight is 504 g/mol. The molecule has 3 aromatic carbocycles. The van der Waals surface area contributed by atoms with Gasteiger partial charge in [-0.2, -0.15) is 0 Å². The van der Waals surface area contributed by atoms with Gasteiger partial charge >= 0.3 is 0 Å². The first-order valence-electron chi connectivity index (χ1n) is 11.3. The Balaban J connectivity index is 1.46. The molecular formula is C28H23Cl2N3O2. The number of benzene rings is 3. The summed E-state index contributed by atoms with van der Waals surface area (Å²) in [5.74, 6) is -0.533. The number of rotatable bonds is 3. The normalized spacial score (nSPS) is 12.5. The van der Waals surface area contributed by atoms with E-state index in [0.717, 1.165) is 28.2 Å². The SMILES string of the molecule is Cc1cccc(C(=O)Nc2cc(Cl)c(C(=O)N3CCc4cccn4-c4ccccc43)cc2Cl)c1C. The van der Waals surface area contributed by atoms with Gasteiger partial charge in [0.15, 0.2) is 0 Å². The van der Waals surface area contributed by atoms with Crippen molar-refractivity contribution >= 4 is 46.4 Å². The van der Waals surface area contributed by atoms with E-state index in [2.05, 4.69) is 16.0 Å². The Morgan fingerprint density at radius 2 is 1.63 bits per heavy atom. The molecule has 35 heavy (non-hydrogen) atoms. The van der Waals surface area contributed by atoms with Crippen LogP contribution in [0, 0.1) is 13.8 Å². The van der Waals surface area contributed by atoms with Crippen LogP contribution in [0.25, 0.3) is 5.69 Å². The zero-order valence-corrected chi connectivity index (χ0v) is 20.8. The number of hydrogen-bond donors (Lipinski definition) is 1. The minimum atomic E-state index is -0.286. The topological polar surface area (TPSA) is 54.3 Å². The van der Waals surface area contributed by atoms with Crippen molar-refractivity contribution in [2.45, 2.75) is 20.3 Å². The number of hydrogen-bond acceptors (Lipinski definition) is 2. The minimum Gasteiger partial charge on any atom is -0.321 e. The van der Waals surface area contributed by atoms with Gasteiger partial charge in [-0.05, 0) is 67.4 Å². The molecule has 0 spiro atoms. The van der Waals surface area contributed by atoms with Crippen molar-refractivity contribution in [1.82, 2.24) is 4.57 Å². The van der Waals surface area contributed by atoms with Crippen LogP contribution >= 0.6 is 23.2 Å². The van der Waals surface area contributed by atoms with Gasteiger partial charge in [0.2, 0.25) is 0 Å². The fourth-order valence-corrected chi connectivity index (χ4v) is 4.90. The van der Waals surface area contributed by atoms with E-state index in [0.29, 0.717) is 24.2 Å². The molecule has 0 fully saturated rings. The summed E-state index contributed by atoms with van der Waals surface area (Å²) < 4.78 is 2.10. The Hall–Kier alpha value is -3.54. The summed E-state index contributed by atoms with van der Waals surface area (Å²) in [7, 11) is 0. The van der Waals surface area contributed by atoms with Gasteiger partial charge in [-0.15, -0.1) is 0 Å². The van der Waals surface area contributed by atoms with Crippen LogP contribution in [0.3, 0.4) is 0 Å². The van der Waals surface area contributed by atoms with Crippen LogP contribution in [0.5, 0.6) is 0 Å². The third kappa shape index (κ3) is 4.22. The second kappa shape index (κ2) is 9.25. The first-order valence-corrected chi connectivity index (χ1v) is 12.0. The second-order valence-corrected chi connectivity index (χ2v) is 9.39. The van der Waals surface area contributed by atoms with E-state index in [-0.39, 0.29) is 27.4 Å². The molecule has 1 N–H and O–H groups in total. The highest BCUT2D eigenvalue weighted by Gasteiger charge is 2.27. The van der Waals surface area contributed by atoms with E-state index in [9.17, 15) is 9.59 Å². The first kappa shape index (κ1) is 23.2. The maximum Gasteiger partial charge on any atom is 0.259 e. The van der Waals surface area contributed by atoms with Crippen molar-refractivity contribution in [3.63, 3.8) is 0 Å². The predicted octanol–water partition coefficient (Wildman–Crippen LogP) is 6.86.